The average Bonchev–Trinajstić information content (AvgIpc) is 2.77. The first-order chi connectivity index (χ1) is 9.65. The molecule has 3 heterocycles. The fourth-order valence-electron chi connectivity index (χ4n) is 2.02. The molecule has 3 aromatic rings. The van der Waals surface area contributed by atoms with Gasteiger partial charge in [-0.1, -0.05) is 0 Å². The number of aromatic nitrogens is 4. The average molecular weight is 267 g/mol. The van der Waals surface area contributed by atoms with Gasteiger partial charge in [-0.3, -0.25) is 9.78 Å². The molecule has 0 aromatic carbocycles. The molecule has 0 saturated heterocycles. The van der Waals surface area contributed by atoms with Crippen LogP contribution in [0.1, 0.15) is 16.2 Å². The molecule has 6 nitrogen and oxygen atoms in total. The van der Waals surface area contributed by atoms with Gasteiger partial charge in [0, 0.05) is 30.8 Å². The van der Waals surface area contributed by atoms with E-state index in [1.807, 2.05) is 19.1 Å². The summed E-state index contributed by atoms with van der Waals surface area (Å²) in [5.74, 6) is -0.257. The Bertz CT molecular complexity index is 779. The van der Waals surface area contributed by atoms with Crippen molar-refractivity contribution in [3.05, 3.63) is 48.0 Å². The van der Waals surface area contributed by atoms with Gasteiger partial charge < -0.3 is 5.32 Å². The van der Waals surface area contributed by atoms with Crippen LogP contribution in [0, 0.1) is 6.92 Å². The maximum absolute atomic E-state index is 12.3. The Balaban J connectivity index is 2.00. The van der Waals surface area contributed by atoms with Crippen LogP contribution >= 0.6 is 0 Å². The first kappa shape index (κ1) is 12.3. The van der Waals surface area contributed by atoms with E-state index in [-0.39, 0.29) is 5.91 Å². The number of fused-ring (bicyclic) bond motifs is 1. The molecular formula is C14H13N5O. The number of anilines is 1. The molecule has 100 valence electrons. The predicted molar refractivity (Wildman–Crippen MR) is 75.4 cm³/mol. The fourth-order valence-corrected chi connectivity index (χ4v) is 2.02. The van der Waals surface area contributed by atoms with Gasteiger partial charge in [-0.25, -0.2) is 9.67 Å². The second-order valence-electron chi connectivity index (χ2n) is 4.49. The summed E-state index contributed by atoms with van der Waals surface area (Å²) in [7, 11) is 1.78. The third-order valence-corrected chi connectivity index (χ3v) is 2.98. The van der Waals surface area contributed by atoms with Crippen LogP contribution in [0.3, 0.4) is 0 Å². The van der Waals surface area contributed by atoms with Crippen LogP contribution in [-0.4, -0.2) is 25.7 Å². The van der Waals surface area contributed by atoms with Crippen molar-refractivity contribution >= 4 is 22.6 Å². The molecule has 0 atom stereocenters. The lowest BCUT2D eigenvalue weighted by molar-refractivity contribution is 0.102. The molecule has 0 bridgehead atoms. The van der Waals surface area contributed by atoms with Gasteiger partial charge >= 0.3 is 0 Å². The number of nitrogens with zero attached hydrogens (tertiary/aromatic N) is 4. The molecule has 0 unspecified atom stereocenters. The van der Waals surface area contributed by atoms with E-state index >= 15 is 0 Å². The van der Waals surface area contributed by atoms with Crippen molar-refractivity contribution in [2.24, 2.45) is 7.05 Å². The molecular weight excluding hydrogens is 254 g/mol. The summed E-state index contributed by atoms with van der Waals surface area (Å²) in [5, 5.41) is 7.79. The minimum atomic E-state index is -0.257. The van der Waals surface area contributed by atoms with Gasteiger partial charge in [0.15, 0.2) is 11.3 Å². The summed E-state index contributed by atoms with van der Waals surface area (Å²) in [5.41, 5.74) is 2.64. The molecule has 0 saturated carbocycles. The number of carbonyl (C=O) groups excluding carboxylic acids is 1. The standard InChI is InChI=1S/C14H13N5O/c1-9-3-4-11-12(18-19(2)13(11)16-9)14(20)17-10-5-7-15-8-6-10/h3-8H,1-2H3,(H,15,17,20). The van der Waals surface area contributed by atoms with E-state index in [0.717, 1.165) is 11.1 Å². The highest BCUT2D eigenvalue weighted by atomic mass is 16.2. The van der Waals surface area contributed by atoms with Gasteiger partial charge in [-0.15, -0.1) is 0 Å². The topological polar surface area (TPSA) is 72.7 Å². The largest absolute Gasteiger partial charge is 0.320 e. The van der Waals surface area contributed by atoms with E-state index < -0.39 is 0 Å². The molecule has 0 aliphatic rings. The van der Waals surface area contributed by atoms with Crippen LogP contribution in [0.5, 0.6) is 0 Å². The summed E-state index contributed by atoms with van der Waals surface area (Å²) in [6, 6.07) is 7.19. The maximum atomic E-state index is 12.3. The Labute approximate surface area is 115 Å². The Morgan fingerprint density at radius 2 is 1.95 bits per heavy atom. The zero-order valence-electron chi connectivity index (χ0n) is 11.2. The highest BCUT2D eigenvalue weighted by Gasteiger charge is 2.17. The molecule has 3 aromatic heterocycles. The Morgan fingerprint density at radius 1 is 1.20 bits per heavy atom. The molecule has 0 spiro atoms. The SMILES string of the molecule is Cc1ccc2c(C(=O)Nc3ccncc3)nn(C)c2n1. The van der Waals surface area contributed by atoms with Gasteiger partial charge in [0.1, 0.15) is 0 Å². The minimum Gasteiger partial charge on any atom is -0.320 e. The number of aryl methyl sites for hydroxylation is 2. The van der Waals surface area contributed by atoms with Gasteiger partial charge in [-0.2, -0.15) is 5.10 Å². The highest BCUT2D eigenvalue weighted by Crippen LogP contribution is 2.18. The van der Waals surface area contributed by atoms with E-state index in [9.17, 15) is 4.79 Å². The number of pyridine rings is 2. The summed E-state index contributed by atoms with van der Waals surface area (Å²) in [6.45, 7) is 1.91. The van der Waals surface area contributed by atoms with Gasteiger partial charge in [-0.05, 0) is 31.2 Å². The van der Waals surface area contributed by atoms with E-state index in [1.165, 1.54) is 0 Å². The fraction of sp³-hybridized carbons (Fsp3) is 0.143. The van der Waals surface area contributed by atoms with E-state index in [4.69, 9.17) is 0 Å². The van der Waals surface area contributed by atoms with E-state index in [1.54, 1.807) is 36.3 Å². The maximum Gasteiger partial charge on any atom is 0.276 e. The minimum absolute atomic E-state index is 0.257. The van der Waals surface area contributed by atoms with Crippen LogP contribution in [0.15, 0.2) is 36.7 Å². The van der Waals surface area contributed by atoms with Gasteiger partial charge in [0.05, 0.1) is 5.39 Å². The van der Waals surface area contributed by atoms with E-state index in [2.05, 4.69) is 20.4 Å². The van der Waals surface area contributed by atoms with Crippen LogP contribution in [-0.2, 0) is 7.05 Å². The summed E-state index contributed by atoms with van der Waals surface area (Å²) >= 11 is 0. The van der Waals surface area contributed by atoms with Gasteiger partial charge in [0.25, 0.3) is 5.91 Å². The molecule has 20 heavy (non-hydrogen) atoms. The quantitative estimate of drug-likeness (QED) is 0.770. The zero-order chi connectivity index (χ0) is 14.1. The molecule has 1 N–H and O–H groups in total. The first-order valence-corrected chi connectivity index (χ1v) is 6.17. The molecule has 0 aliphatic heterocycles. The van der Waals surface area contributed by atoms with Crippen molar-refractivity contribution in [1.29, 1.82) is 0 Å². The molecule has 6 heteroatoms. The molecule has 0 radical (unpaired) electrons. The predicted octanol–water partition coefficient (Wildman–Crippen LogP) is 1.92. The lowest BCUT2D eigenvalue weighted by atomic mass is 10.2. The van der Waals surface area contributed by atoms with Crippen molar-refractivity contribution in [2.75, 3.05) is 5.32 Å². The summed E-state index contributed by atoms with van der Waals surface area (Å²) in [6.07, 6.45) is 3.24. The third-order valence-electron chi connectivity index (χ3n) is 2.98. The molecule has 3 rings (SSSR count). The van der Waals surface area contributed by atoms with Crippen molar-refractivity contribution in [3.8, 4) is 0 Å². The van der Waals surface area contributed by atoms with Crippen molar-refractivity contribution < 1.29 is 4.79 Å². The van der Waals surface area contributed by atoms with Crippen molar-refractivity contribution in [2.45, 2.75) is 6.92 Å². The molecule has 1 amide bonds. The smallest absolute Gasteiger partial charge is 0.276 e. The van der Waals surface area contributed by atoms with Gasteiger partial charge in [0.2, 0.25) is 0 Å². The lowest BCUT2D eigenvalue weighted by Gasteiger charge is -2.02. The zero-order valence-corrected chi connectivity index (χ0v) is 11.2. The number of amides is 1. The number of hydrogen-bond donors (Lipinski definition) is 1. The number of hydrogen-bond acceptors (Lipinski definition) is 4. The van der Waals surface area contributed by atoms with Crippen molar-refractivity contribution in [1.82, 2.24) is 19.7 Å². The Kier molecular flexibility index (Phi) is 2.90. The summed E-state index contributed by atoms with van der Waals surface area (Å²) in [4.78, 5) is 20.6. The van der Waals surface area contributed by atoms with Crippen LogP contribution in [0.4, 0.5) is 5.69 Å². The second kappa shape index (κ2) is 4.73. The Morgan fingerprint density at radius 3 is 2.70 bits per heavy atom. The van der Waals surface area contributed by atoms with Crippen LogP contribution in [0.25, 0.3) is 11.0 Å². The Hall–Kier alpha value is -2.76. The monoisotopic (exact) mass is 267 g/mol. The van der Waals surface area contributed by atoms with Crippen LogP contribution < -0.4 is 5.32 Å². The molecule has 0 aliphatic carbocycles. The number of rotatable bonds is 2. The first-order valence-electron chi connectivity index (χ1n) is 6.17. The summed E-state index contributed by atoms with van der Waals surface area (Å²) < 4.78 is 1.61. The van der Waals surface area contributed by atoms with Crippen LogP contribution in [0.2, 0.25) is 0 Å². The number of nitrogens with one attached hydrogen (secondary N) is 1. The number of carbonyl (C=O) groups is 1. The highest BCUT2D eigenvalue weighted by molar-refractivity contribution is 6.10. The molecule has 0 fully saturated rings. The second-order valence-corrected chi connectivity index (χ2v) is 4.49. The third kappa shape index (κ3) is 2.11. The lowest BCUT2D eigenvalue weighted by Crippen LogP contribution is -2.13. The normalized spacial score (nSPS) is 10.7. The van der Waals surface area contributed by atoms with E-state index in [0.29, 0.717) is 17.0 Å². The van der Waals surface area contributed by atoms with Crippen molar-refractivity contribution in [3.63, 3.8) is 0 Å².